The highest BCUT2D eigenvalue weighted by atomic mass is 19.1. The van der Waals surface area contributed by atoms with Crippen molar-refractivity contribution in [2.24, 2.45) is 5.92 Å². The van der Waals surface area contributed by atoms with E-state index in [9.17, 15) is 9.18 Å². The molecule has 0 aliphatic carbocycles. The number of halogens is 1. The largest absolute Gasteiger partial charge is 0.379 e. The Balaban J connectivity index is 2.02. The number of ether oxygens (including phenoxy) is 1. The van der Waals surface area contributed by atoms with E-state index in [4.69, 9.17) is 4.74 Å². The molecule has 0 unspecified atom stereocenters. The lowest BCUT2D eigenvalue weighted by Gasteiger charge is -2.32. The predicted octanol–water partition coefficient (Wildman–Crippen LogP) is 2.18. The second-order valence-corrected chi connectivity index (χ2v) is 6.56. The Morgan fingerprint density at radius 3 is 2.91 bits per heavy atom. The topological polar surface area (TPSA) is 32.8 Å². The van der Waals surface area contributed by atoms with E-state index in [2.05, 4.69) is 25.9 Å². The van der Waals surface area contributed by atoms with Crippen LogP contribution in [0.5, 0.6) is 0 Å². The summed E-state index contributed by atoms with van der Waals surface area (Å²) >= 11 is 0. The first kappa shape index (κ1) is 17.9. The average Bonchev–Trinajstić information content (AvgIpc) is 2.67. The molecule has 2 atom stereocenters. The van der Waals surface area contributed by atoms with Crippen molar-refractivity contribution in [3.8, 4) is 0 Å². The maximum absolute atomic E-state index is 13.3. The maximum atomic E-state index is 13.3. The van der Waals surface area contributed by atoms with Gasteiger partial charge in [-0.3, -0.25) is 4.79 Å². The van der Waals surface area contributed by atoms with Gasteiger partial charge in [0.25, 0.3) is 0 Å². The van der Waals surface area contributed by atoms with E-state index in [-0.39, 0.29) is 24.2 Å². The number of hydrogen-bond acceptors (Lipinski definition) is 3. The summed E-state index contributed by atoms with van der Waals surface area (Å²) in [7, 11) is 4.10. The van der Waals surface area contributed by atoms with Gasteiger partial charge in [-0.25, -0.2) is 4.39 Å². The second kappa shape index (κ2) is 8.41. The van der Waals surface area contributed by atoms with Crippen LogP contribution in [0, 0.1) is 11.7 Å². The molecule has 1 saturated heterocycles. The molecule has 2 rings (SSSR count). The van der Waals surface area contributed by atoms with Gasteiger partial charge in [0.15, 0.2) is 0 Å². The molecule has 23 heavy (non-hydrogen) atoms. The van der Waals surface area contributed by atoms with Crippen molar-refractivity contribution in [1.29, 1.82) is 0 Å². The fourth-order valence-corrected chi connectivity index (χ4v) is 3.02. The molecule has 1 aromatic carbocycles. The highest BCUT2D eigenvalue weighted by Crippen LogP contribution is 2.20. The molecule has 1 amide bonds. The molecular formula is C18H27FN2O2. The third-order valence-corrected chi connectivity index (χ3v) is 4.49. The fraction of sp³-hybridized carbons (Fsp3) is 0.611. The lowest BCUT2D eigenvalue weighted by molar-refractivity contribution is -0.133. The van der Waals surface area contributed by atoms with Crippen molar-refractivity contribution in [3.63, 3.8) is 0 Å². The number of nitrogens with zero attached hydrogens (tertiary/aromatic N) is 2. The van der Waals surface area contributed by atoms with Crippen LogP contribution in [-0.4, -0.2) is 62.1 Å². The van der Waals surface area contributed by atoms with E-state index in [1.165, 1.54) is 12.1 Å². The molecule has 0 spiro atoms. The van der Waals surface area contributed by atoms with Gasteiger partial charge in [0, 0.05) is 18.5 Å². The van der Waals surface area contributed by atoms with Crippen LogP contribution in [0.1, 0.15) is 18.9 Å². The van der Waals surface area contributed by atoms with Crippen LogP contribution in [0.15, 0.2) is 24.3 Å². The van der Waals surface area contributed by atoms with Gasteiger partial charge in [0.1, 0.15) is 5.82 Å². The number of hydrogen-bond donors (Lipinski definition) is 0. The van der Waals surface area contributed by atoms with E-state index < -0.39 is 0 Å². The summed E-state index contributed by atoms with van der Waals surface area (Å²) in [6, 6.07) is 6.41. The molecule has 128 valence electrons. The Labute approximate surface area is 138 Å². The van der Waals surface area contributed by atoms with Crippen LogP contribution in [-0.2, 0) is 16.0 Å². The number of rotatable bonds is 5. The van der Waals surface area contributed by atoms with Crippen LogP contribution < -0.4 is 0 Å². The number of carbonyl (C=O) groups excluding carboxylic acids is 1. The van der Waals surface area contributed by atoms with Gasteiger partial charge in [-0.05, 0) is 51.7 Å². The Morgan fingerprint density at radius 1 is 1.43 bits per heavy atom. The molecular weight excluding hydrogens is 295 g/mol. The van der Waals surface area contributed by atoms with Crippen molar-refractivity contribution in [3.05, 3.63) is 35.6 Å². The molecule has 0 bridgehead atoms. The van der Waals surface area contributed by atoms with Gasteiger partial charge < -0.3 is 14.5 Å². The van der Waals surface area contributed by atoms with E-state index in [0.717, 1.165) is 18.5 Å². The lowest BCUT2D eigenvalue weighted by atomic mass is 9.96. The molecule has 0 radical (unpaired) electrons. The summed E-state index contributed by atoms with van der Waals surface area (Å²) in [5, 5.41) is 0. The Kier molecular flexibility index (Phi) is 6.54. The molecule has 1 aliphatic rings. The van der Waals surface area contributed by atoms with Crippen LogP contribution in [0.3, 0.4) is 0 Å². The van der Waals surface area contributed by atoms with Crippen LogP contribution in [0.25, 0.3) is 0 Å². The van der Waals surface area contributed by atoms with Crippen molar-refractivity contribution in [2.75, 3.05) is 40.4 Å². The zero-order chi connectivity index (χ0) is 16.8. The van der Waals surface area contributed by atoms with E-state index in [1.54, 1.807) is 12.1 Å². The van der Waals surface area contributed by atoms with Gasteiger partial charge >= 0.3 is 0 Å². The Bertz CT molecular complexity index is 521. The molecule has 0 saturated carbocycles. The summed E-state index contributed by atoms with van der Waals surface area (Å²) < 4.78 is 19.0. The van der Waals surface area contributed by atoms with Gasteiger partial charge in [-0.15, -0.1) is 0 Å². The maximum Gasteiger partial charge on any atom is 0.227 e. The highest BCUT2D eigenvalue weighted by molar-refractivity contribution is 5.79. The first-order valence-corrected chi connectivity index (χ1v) is 8.23. The van der Waals surface area contributed by atoms with E-state index in [0.29, 0.717) is 25.7 Å². The Hall–Kier alpha value is -1.46. The SMILES string of the molecule is C[C@H]1[C@H](CCN(C)C)COCCN1C(=O)Cc1cccc(F)c1. The zero-order valence-corrected chi connectivity index (χ0v) is 14.3. The Morgan fingerprint density at radius 2 is 2.22 bits per heavy atom. The predicted molar refractivity (Wildman–Crippen MR) is 88.8 cm³/mol. The van der Waals surface area contributed by atoms with Crippen molar-refractivity contribution in [1.82, 2.24) is 9.80 Å². The van der Waals surface area contributed by atoms with Crippen molar-refractivity contribution < 1.29 is 13.9 Å². The van der Waals surface area contributed by atoms with E-state index in [1.807, 2.05) is 4.90 Å². The van der Waals surface area contributed by atoms with Crippen LogP contribution >= 0.6 is 0 Å². The normalized spacial score (nSPS) is 22.2. The molecule has 0 aromatic heterocycles. The number of carbonyl (C=O) groups is 1. The minimum atomic E-state index is -0.300. The number of benzene rings is 1. The van der Waals surface area contributed by atoms with Crippen molar-refractivity contribution >= 4 is 5.91 Å². The van der Waals surface area contributed by atoms with Crippen molar-refractivity contribution in [2.45, 2.75) is 25.8 Å². The quantitative estimate of drug-likeness (QED) is 0.833. The van der Waals surface area contributed by atoms with Gasteiger partial charge in [-0.1, -0.05) is 12.1 Å². The summed E-state index contributed by atoms with van der Waals surface area (Å²) in [5.74, 6) is 0.0752. The van der Waals surface area contributed by atoms with Gasteiger partial charge in [-0.2, -0.15) is 0 Å². The summed E-state index contributed by atoms with van der Waals surface area (Å²) in [5.41, 5.74) is 0.720. The van der Waals surface area contributed by atoms with Gasteiger partial charge in [0.2, 0.25) is 5.91 Å². The summed E-state index contributed by atoms with van der Waals surface area (Å²) in [4.78, 5) is 16.7. The lowest BCUT2D eigenvalue weighted by Crippen LogP contribution is -2.44. The summed E-state index contributed by atoms with van der Waals surface area (Å²) in [6.45, 7) is 4.94. The number of amides is 1. The third kappa shape index (κ3) is 5.29. The molecule has 5 heteroatoms. The molecule has 1 heterocycles. The highest BCUT2D eigenvalue weighted by Gasteiger charge is 2.29. The third-order valence-electron chi connectivity index (χ3n) is 4.49. The first-order valence-electron chi connectivity index (χ1n) is 8.23. The van der Waals surface area contributed by atoms with Crippen LogP contribution in [0.4, 0.5) is 4.39 Å². The smallest absolute Gasteiger partial charge is 0.227 e. The monoisotopic (exact) mass is 322 g/mol. The molecule has 1 fully saturated rings. The van der Waals surface area contributed by atoms with E-state index >= 15 is 0 Å². The minimum absolute atomic E-state index is 0.0449. The summed E-state index contributed by atoms with van der Waals surface area (Å²) in [6.07, 6.45) is 1.24. The molecule has 4 nitrogen and oxygen atoms in total. The first-order chi connectivity index (χ1) is 11.0. The molecule has 1 aliphatic heterocycles. The molecule has 0 N–H and O–H groups in total. The molecule has 1 aromatic rings. The standard InChI is InChI=1S/C18H27FN2O2/c1-14-16(7-8-20(2)3)13-23-10-9-21(14)18(22)12-15-5-4-6-17(19)11-15/h4-6,11,14,16H,7-10,12-13H2,1-3H3/t14-,16+/m0/s1. The second-order valence-electron chi connectivity index (χ2n) is 6.56. The minimum Gasteiger partial charge on any atom is -0.379 e. The fourth-order valence-electron chi connectivity index (χ4n) is 3.02. The zero-order valence-electron chi connectivity index (χ0n) is 14.3. The average molecular weight is 322 g/mol. The van der Waals surface area contributed by atoms with Crippen LogP contribution in [0.2, 0.25) is 0 Å². The van der Waals surface area contributed by atoms with Gasteiger partial charge in [0.05, 0.1) is 19.6 Å².